The Hall–Kier alpha value is -2.63. The molecule has 2 amide bonds. The van der Waals surface area contributed by atoms with Crippen molar-refractivity contribution in [2.75, 3.05) is 0 Å². The van der Waals surface area contributed by atoms with E-state index in [2.05, 4.69) is 15.6 Å². The summed E-state index contributed by atoms with van der Waals surface area (Å²) < 4.78 is 0. The highest BCUT2D eigenvalue weighted by Gasteiger charge is 2.17. The number of fused-ring (bicyclic) bond motifs is 1. The zero-order valence-electron chi connectivity index (χ0n) is 11.7. The molecule has 0 aliphatic rings. The van der Waals surface area contributed by atoms with Crippen LogP contribution in [-0.4, -0.2) is 28.1 Å². The summed E-state index contributed by atoms with van der Waals surface area (Å²) in [5.74, 6) is -1.04. The van der Waals surface area contributed by atoms with Gasteiger partial charge in [-0.05, 0) is 18.1 Å². The summed E-state index contributed by atoms with van der Waals surface area (Å²) in [5, 5.41) is 15.0. The molecule has 1 aromatic carbocycles. The largest absolute Gasteiger partial charge is 0.480 e. The van der Waals surface area contributed by atoms with Gasteiger partial charge in [0.15, 0.2) is 0 Å². The minimum absolute atomic E-state index is 0.288. The van der Waals surface area contributed by atoms with E-state index in [9.17, 15) is 9.59 Å². The Balaban J connectivity index is 2.02. The van der Waals surface area contributed by atoms with Crippen molar-refractivity contribution in [3.05, 3.63) is 42.1 Å². The van der Waals surface area contributed by atoms with Gasteiger partial charge in [-0.1, -0.05) is 31.2 Å². The van der Waals surface area contributed by atoms with Gasteiger partial charge in [0.05, 0.1) is 5.52 Å². The third-order valence-corrected chi connectivity index (χ3v) is 3.17. The van der Waals surface area contributed by atoms with Crippen LogP contribution in [0, 0.1) is 0 Å². The van der Waals surface area contributed by atoms with Crippen molar-refractivity contribution in [1.82, 2.24) is 15.6 Å². The Morgan fingerprint density at radius 1 is 1.29 bits per heavy atom. The highest BCUT2D eigenvalue weighted by Crippen LogP contribution is 2.15. The minimum atomic E-state index is -1.04. The van der Waals surface area contributed by atoms with E-state index in [1.165, 1.54) is 0 Å². The van der Waals surface area contributed by atoms with Crippen molar-refractivity contribution in [3.63, 3.8) is 0 Å². The average Bonchev–Trinajstić information content (AvgIpc) is 2.50. The zero-order valence-corrected chi connectivity index (χ0v) is 11.7. The third kappa shape index (κ3) is 3.68. The highest BCUT2D eigenvalue weighted by atomic mass is 16.4. The molecule has 0 fully saturated rings. The third-order valence-electron chi connectivity index (χ3n) is 3.17. The summed E-state index contributed by atoms with van der Waals surface area (Å²) in [4.78, 5) is 26.9. The lowest BCUT2D eigenvalue weighted by atomic mass is 10.1. The summed E-state index contributed by atoms with van der Waals surface area (Å²) in [5.41, 5.74) is 1.71. The molecule has 1 atom stereocenters. The normalized spacial score (nSPS) is 11.9. The summed E-state index contributed by atoms with van der Waals surface area (Å²) in [6.07, 6.45) is 2.03. The first-order valence-electron chi connectivity index (χ1n) is 6.71. The highest BCUT2D eigenvalue weighted by molar-refractivity contribution is 5.84. The average molecular weight is 287 g/mol. The molecule has 3 N–H and O–H groups in total. The van der Waals surface area contributed by atoms with Crippen molar-refractivity contribution < 1.29 is 14.7 Å². The number of nitrogens with one attached hydrogen (secondary N) is 2. The van der Waals surface area contributed by atoms with Gasteiger partial charge < -0.3 is 15.7 Å². The molecule has 2 rings (SSSR count). The number of urea groups is 1. The molecule has 0 aliphatic carbocycles. The maximum absolute atomic E-state index is 11.7. The van der Waals surface area contributed by atoms with Crippen LogP contribution >= 0.6 is 0 Å². The first-order valence-corrected chi connectivity index (χ1v) is 6.71. The van der Waals surface area contributed by atoms with E-state index in [1.54, 1.807) is 13.1 Å². The van der Waals surface area contributed by atoms with Gasteiger partial charge in [0, 0.05) is 18.1 Å². The Morgan fingerprint density at radius 3 is 2.76 bits per heavy atom. The summed E-state index contributed by atoms with van der Waals surface area (Å²) in [7, 11) is 0. The Kier molecular flexibility index (Phi) is 4.71. The number of rotatable bonds is 5. The molecule has 1 aromatic heterocycles. The van der Waals surface area contributed by atoms with E-state index in [0.29, 0.717) is 6.42 Å². The number of pyridine rings is 1. The van der Waals surface area contributed by atoms with Crippen LogP contribution in [0.2, 0.25) is 0 Å². The van der Waals surface area contributed by atoms with E-state index >= 15 is 0 Å². The first kappa shape index (κ1) is 14.8. The topological polar surface area (TPSA) is 91.3 Å². The molecule has 0 radical (unpaired) electrons. The van der Waals surface area contributed by atoms with Crippen LogP contribution in [0.5, 0.6) is 0 Å². The van der Waals surface area contributed by atoms with E-state index in [4.69, 9.17) is 5.11 Å². The number of carboxylic acid groups (broad SMARTS) is 1. The maximum atomic E-state index is 11.7. The lowest BCUT2D eigenvalue weighted by molar-refractivity contribution is -0.139. The molecule has 0 unspecified atom stereocenters. The zero-order chi connectivity index (χ0) is 15.2. The van der Waals surface area contributed by atoms with E-state index in [-0.39, 0.29) is 6.54 Å². The van der Waals surface area contributed by atoms with Crippen LogP contribution in [-0.2, 0) is 11.3 Å². The molecule has 21 heavy (non-hydrogen) atoms. The lowest BCUT2D eigenvalue weighted by Crippen LogP contribution is -2.45. The standard InChI is InChI=1S/C15H17N3O3/c1-2-12(14(19)20)18-15(21)17-9-11-6-3-5-10-7-4-8-16-13(10)11/h3-8,12H,2,9H2,1H3,(H,19,20)(H2,17,18,21)/t12-/m0/s1. The van der Waals surface area contributed by atoms with Crippen molar-refractivity contribution in [1.29, 1.82) is 0 Å². The molecule has 6 heteroatoms. The number of benzene rings is 1. The van der Waals surface area contributed by atoms with Gasteiger partial charge in [-0.2, -0.15) is 0 Å². The Morgan fingerprint density at radius 2 is 2.05 bits per heavy atom. The van der Waals surface area contributed by atoms with E-state index in [0.717, 1.165) is 16.5 Å². The molecule has 0 spiro atoms. The predicted octanol–water partition coefficient (Wildman–Crippen LogP) is 1.90. The summed E-state index contributed by atoms with van der Waals surface area (Å²) >= 11 is 0. The van der Waals surface area contributed by atoms with Crippen LogP contribution in [0.4, 0.5) is 4.79 Å². The van der Waals surface area contributed by atoms with Crippen LogP contribution < -0.4 is 10.6 Å². The number of aromatic nitrogens is 1. The fourth-order valence-electron chi connectivity index (χ4n) is 2.03. The fourth-order valence-corrected chi connectivity index (χ4v) is 2.03. The molecule has 0 aliphatic heterocycles. The van der Waals surface area contributed by atoms with Gasteiger partial charge in [-0.3, -0.25) is 4.98 Å². The van der Waals surface area contributed by atoms with Crippen molar-refractivity contribution in [3.8, 4) is 0 Å². The fraction of sp³-hybridized carbons (Fsp3) is 0.267. The summed E-state index contributed by atoms with van der Waals surface area (Å²) in [6.45, 7) is 1.99. The van der Waals surface area contributed by atoms with Crippen molar-refractivity contribution in [2.45, 2.75) is 25.9 Å². The number of carbonyl (C=O) groups excluding carboxylic acids is 1. The molecule has 1 heterocycles. The van der Waals surface area contributed by atoms with E-state index in [1.807, 2.05) is 30.3 Å². The second-order valence-corrected chi connectivity index (χ2v) is 4.62. The number of carboxylic acids is 1. The number of para-hydroxylation sites is 1. The Labute approximate surface area is 122 Å². The van der Waals surface area contributed by atoms with Crippen LogP contribution in [0.25, 0.3) is 10.9 Å². The van der Waals surface area contributed by atoms with Crippen LogP contribution in [0.15, 0.2) is 36.5 Å². The van der Waals surface area contributed by atoms with Crippen LogP contribution in [0.3, 0.4) is 0 Å². The molecule has 110 valence electrons. The second kappa shape index (κ2) is 6.69. The number of carbonyl (C=O) groups is 2. The number of aliphatic carboxylic acids is 1. The molecule has 0 saturated carbocycles. The number of nitrogens with zero attached hydrogens (tertiary/aromatic N) is 1. The quantitative estimate of drug-likeness (QED) is 0.783. The minimum Gasteiger partial charge on any atom is -0.480 e. The number of hydrogen-bond acceptors (Lipinski definition) is 3. The Bertz CT molecular complexity index is 652. The number of amides is 2. The first-order chi connectivity index (χ1) is 10.1. The van der Waals surface area contributed by atoms with Crippen LogP contribution in [0.1, 0.15) is 18.9 Å². The van der Waals surface area contributed by atoms with Crippen molar-refractivity contribution >= 4 is 22.9 Å². The monoisotopic (exact) mass is 287 g/mol. The van der Waals surface area contributed by atoms with Gasteiger partial charge in [-0.25, -0.2) is 9.59 Å². The van der Waals surface area contributed by atoms with Gasteiger partial charge in [-0.15, -0.1) is 0 Å². The van der Waals surface area contributed by atoms with Gasteiger partial charge in [0.2, 0.25) is 0 Å². The molecule has 6 nitrogen and oxygen atoms in total. The van der Waals surface area contributed by atoms with Gasteiger partial charge in [0.25, 0.3) is 0 Å². The van der Waals surface area contributed by atoms with Gasteiger partial charge in [0.1, 0.15) is 6.04 Å². The van der Waals surface area contributed by atoms with Crippen molar-refractivity contribution in [2.24, 2.45) is 0 Å². The SMILES string of the molecule is CC[C@H](NC(=O)NCc1cccc2cccnc12)C(=O)O. The maximum Gasteiger partial charge on any atom is 0.326 e. The second-order valence-electron chi connectivity index (χ2n) is 4.62. The van der Waals surface area contributed by atoms with Gasteiger partial charge >= 0.3 is 12.0 Å². The molecule has 2 aromatic rings. The predicted molar refractivity (Wildman–Crippen MR) is 78.8 cm³/mol. The molecule has 0 saturated heterocycles. The molecular formula is C15H17N3O3. The number of hydrogen-bond donors (Lipinski definition) is 3. The smallest absolute Gasteiger partial charge is 0.326 e. The summed E-state index contributed by atoms with van der Waals surface area (Å²) in [6, 6.07) is 8.14. The van der Waals surface area contributed by atoms with E-state index < -0.39 is 18.0 Å². The lowest BCUT2D eigenvalue weighted by Gasteiger charge is -2.13. The molecular weight excluding hydrogens is 270 g/mol. The molecule has 0 bridgehead atoms.